The van der Waals surface area contributed by atoms with Crippen molar-refractivity contribution in [2.24, 2.45) is 11.3 Å². The van der Waals surface area contributed by atoms with Crippen molar-refractivity contribution in [2.75, 3.05) is 26.7 Å². The molecule has 0 amide bonds. The first kappa shape index (κ1) is 18.8. The van der Waals surface area contributed by atoms with Crippen molar-refractivity contribution in [1.82, 2.24) is 4.90 Å². The topological polar surface area (TPSA) is 68.2 Å². The number of hydrogen-bond donors (Lipinski definition) is 1. The Balaban J connectivity index is 2.48. The summed E-state index contributed by atoms with van der Waals surface area (Å²) in [6.45, 7) is 10.6. The molecule has 1 heterocycles. The Hall–Kier alpha value is -0.256. The smallest absolute Gasteiger partial charge is 0.336 e. The molecule has 0 aromatic carbocycles. The second-order valence-electron chi connectivity index (χ2n) is 6.02. The SMILES string of the molecule is COC(=O)C(O)CN1CC(C(C)(C)C(O[SiH2]C)O[SiH2]C)C1. The predicted molar refractivity (Wildman–Crippen MR) is 86.5 cm³/mol. The van der Waals surface area contributed by atoms with E-state index in [-0.39, 0.29) is 11.7 Å². The number of carbonyl (C=O) groups is 1. The van der Waals surface area contributed by atoms with Gasteiger partial charge in [-0.1, -0.05) is 26.9 Å². The number of rotatable bonds is 9. The van der Waals surface area contributed by atoms with Gasteiger partial charge in [-0.25, -0.2) is 4.79 Å². The third kappa shape index (κ3) is 4.87. The van der Waals surface area contributed by atoms with Gasteiger partial charge in [0, 0.05) is 25.0 Å². The number of hydrogen-bond acceptors (Lipinski definition) is 6. The van der Waals surface area contributed by atoms with Gasteiger partial charge < -0.3 is 18.7 Å². The molecule has 0 aromatic heterocycles. The van der Waals surface area contributed by atoms with Crippen LogP contribution in [0.4, 0.5) is 0 Å². The van der Waals surface area contributed by atoms with Gasteiger partial charge in [0.05, 0.1) is 7.11 Å². The Morgan fingerprint density at radius 3 is 2.29 bits per heavy atom. The van der Waals surface area contributed by atoms with Crippen molar-refractivity contribution < 1.29 is 23.5 Å². The van der Waals surface area contributed by atoms with Gasteiger partial charge in [-0.05, 0) is 5.92 Å². The number of likely N-dealkylation sites (tertiary alicyclic amines) is 1. The highest BCUT2D eigenvalue weighted by molar-refractivity contribution is 6.26. The quantitative estimate of drug-likeness (QED) is 0.335. The number of methoxy groups -OCH3 is 1. The molecule has 1 unspecified atom stereocenters. The molecule has 8 heteroatoms. The average Bonchev–Trinajstić information content (AvgIpc) is 2.40. The Kier molecular flexibility index (Phi) is 7.51. The van der Waals surface area contributed by atoms with E-state index in [1.807, 2.05) is 0 Å². The van der Waals surface area contributed by atoms with E-state index in [0.29, 0.717) is 12.5 Å². The number of ether oxygens (including phenoxy) is 1. The van der Waals surface area contributed by atoms with Crippen LogP contribution in [0.5, 0.6) is 0 Å². The third-order valence-corrected chi connectivity index (χ3v) is 5.43. The van der Waals surface area contributed by atoms with E-state index in [2.05, 4.69) is 36.6 Å². The van der Waals surface area contributed by atoms with Crippen LogP contribution in [0.1, 0.15) is 13.8 Å². The lowest BCUT2D eigenvalue weighted by atomic mass is 9.73. The maximum atomic E-state index is 11.2. The minimum atomic E-state index is -1.06. The fourth-order valence-corrected chi connectivity index (χ4v) is 4.47. The lowest BCUT2D eigenvalue weighted by Crippen LogP contribution is -2.59. The van der Waals surface area contributed by atoms with Gasteiger partial charge in [0.25, 0.3) is 0 Å². The molecule has 0 bridgehead atoms. The molecule has 1 atom stereocenters. The molecule has 1 aliphatic rings. The van der Waals surface area contributed by atoms with Crippen LogP contribution in [0.3, 0.4) is 0 Å². The molecular formula is C13H29NO5Si2. The number of β-amino-alcohol motifs (C(OH)–C–C–N with tert-alkyl or cyclic N) is 1. The van der Waals surface area contributed by atoms with E-state index in [1.54, 1.807) is 0 Å². The van der Waals surface area contributed by atoms with E-state index in [0.717, 1.165) is 13.1 Å². The van der Waals surface area contributed by atoms with Crippen molar-refractivity contribution in [3.05, 3.63) is 0 Å². The van der Waals surface area contributed by atoms with E-state index in [1.165, 1.54) is 7.11 Å². The number of nitrogens with zero attached hydrogens (tertiary/aromatic N) is 1. The highest BCUT2D eigenvalue weighted by Crippen LogP contribution is 2.38. The van der Waals surface area contributed by atoms with Crippen molar-refractivity contribution in [3.63, 3.8) is 0 Å². The number of carbonyl (C=O) groups excluding carboxylic acids is 1. The number of aliphatic hydroxyl groups is 1. The zero-order chi connectivity index (χ0) is 16.0. The average molecular weight is 336 g/mol. The van der Waals surface area contributed by atoms with Crippen LogP contribution in [0, 0.1) is 11.3 Å². The minimum Gasteiger partial charge on any atom is -0.467 e. The maximum Gasteiger partial charge on any atom is 0.336 e. The van der Waals surface area contributed by atoms with Gasteiger partial charge in [0.15, 0.2) is 25.6 Å². The van der Waals surface area contributed by atoms with Crippen LogP contribution in [-0.2, 0) is 18.4 Å². The fraction of sp³-hybridized carbons (Fsp3) is 0.923. The molecule has 1 N–H and O–H groups in total. The zero-order valence-electron chi connectivity index (χ0n) is 13.8. The molecule has 1 fully saturated rings. The van der Waals surface area contributed by atoms with Gasteiger partial charge in [-0.15, -0.1) is 0 Å². The molecule has 1 rings (SSSR count). The molecule has 0 radical (unpaired) electrons. The van der Waals surface area contributed by atoms with Crippen molar-refractivity contribution in [1.29, 1.82) is 0 Å². The molecule has 21 heavy (non-hydrogen) atoms. The molecule has 0 aromatic rings. The number of esters is 1. The second-order valence-corrected chi connectivity index (χ2v) is 7.84. The van der Waals surface area contributed by atoms with Crippen molar-refractivity contribution >= 4 is 25.5 Å². The Labute approximate surface area is 132 Å². The summed E-state index contributed by atoms with van der Waals surface area (Å²) < 4.78 is 16.3. The van der Waals surface area contributed by atoms with E-state index in [9.17, 15) is 9.90 Å². The maximum absolute atomic E-state index is 11.2. The first-order valence-corrected chi connectivity index (χ1v) is 11.6. The highest BCUT2D eigenvalue weighted by Gasteiger charge is 2.45. The monoisotopic (exact) mass is 335 g/mol. The lowest BCUT2D eigenvalue weighted by Gasteiger charge is -2.50. The summed E-state index contributed by atoms with van der Waals surface area (Å²) in [4.78, 5) is 13.3. The summed E-state index contributed by atoms with van der Waals surface area (Å²) in [7, 11) is 0.264. The fourth-order valence-electron chi connectivity index (χ4n) is 2.62. The van der Waals surface area contributed by atoms with E-state index in [4.69, 9.17) is 8.85 Å². The Morgan fingerprint density at radius 1 is 1.33 bits per heavy atom. The summed E-state index contributed by atoms with van der Waals surface area (Å²) in [6, 6.07) is 0. The first-order valence-electron chi connectivity index (χ1n) is 7.58. The van der Waals surface area contributed by atoms with Crippen LogP contribution < -0.4 is 0 Å². The summed E-state index contributed by atoms with van der Waals surface area (Å²) in [5.41, 5.74) is -0.0429. The van der Waals surface area contributed by atoms with E-state index < -0.39 is 31.6 Å². The minimum absolute atomic E-state index is 0.0429. The number of aliphatic hydroxyl groups excluding tert-OH is 1. The largest absolute Gasteiger partial charge is 0.467 e. The third-order valence-electron chi connectivity index (χ3n) is 4.16. The van der Waals surface area contributed by atoms with Crippen LogP contribution in [0.25, 0.3) is 0 Å². The summed E-state index contributed by atoms with van der Waals surface area (Å²) in [6.07, 6.45) is -1.17. The van der Waals surface area contributed by atoms with Gasteiger partial charge in [0.1, 0.15) is 6.29 Å². The molecule has 0 spiro atoms. The highest BCUT2D eigenvalue weighted by atomic mass is 28.2. The normalized spacial score (nSPS) is 21.0. The predicted octanol–water partition coefficient (Wildman–Crippen LogP) is -0.899. The second kappa shape index (κ2) is 8.40. The molecule has 6 nitrogen and oxygen atoms in total. The molecule has 0 aliphatic carbocycles. The molecular weight excluding hydrogens is 306 g/mol. The lowest BCUT2D eigenvalue weighted by molar-refractivity contribution is -0.157. The molecule has 1 aliphatic heterocycles. The van der Waals surface area contributed by atoms with E-state index >= 15 is 0 Å². The van der Waals surface area contributed by atoms with Gasteiger partial charge in [-0.3, -0.25) is 4.90 Å². The van der Waals surface area contributed by atoms with Crippen LogP contribution in [0.2, 0.25) is 13.1 Å². The van der Waals surface area contributed by atoms with Gasteiger partial charge >= 0.3 is 5.97 Å². The van der Waals surface area contributed by atoms with Crippen LogP contribution in [-0.4, -0.2) is 74.6 Å². The zero-order valence-corrected chi connectivity index (χ0v) is 16.6. The molecule has 124 valence electrons. The Morgan fingerprint density at radius 2 is 1.86 bits per heavy atom. The van der Waals surface area contributed by atoms with Gasteiger partial charge in [-0.2, -0.15) is 0 Å². The Bertz CT molecular complexity index is 331. The van der Waals surface area contributed by atoms with Gasteiger partial charge in [0.2, 0.25) is 0 Å². The van der Waals surface area contributed by atoms with Crippen molar-refractivity contribution in [2.45, 2.75) is 39.3 Å². The molecule has 0 saturated carbocycles. The first-order chi connectivity index (χ1) is 9.86. The van der Waals surface area contributed by atoms with Crippen molar-refractivity contribution in [3.8, 4) is 0 Å². The standard InChI is InChI=1S/C13H29NO5Si2/c1-13(2,12(18-20-4)19-21-5)9-6-14(7-9)8-10(15)11(16)17-3/h9-10,12,15H,6-8,20-21H2,1-5H3. The summed E-state index contributed by atoms with van der Waals surface area (Å²) in [5.74, 6) is -0.121. The van der Waals surface area contributed by atoms with Crippen LogP contribution in [0.15, 0.2) is 0 Å². The van der Waals surface area contributed by atoms with Crippen LogP contribution >= 0.6 is 0 Å². The summed E-state index contributed by atoms with van der Waals surface area (Å²) in [5, 5.41) is 9.67. The summed E-state index contributed by atoms with van der Waals surface area (Å²) >= 11 is 0. The molecule has 1 saturated heterocycles.